The van der Waals surface area contributed by atoms with Crippen molar-refractivity contribution in [2.45, 2.75) is 61.0 Å². The van der Waals surface area contributed by atoms with Crippen LogP contribution in [0.5, 0.6) is 0 Å². The largest absolute Gasteiger partial charge is 0.372 e. The normalized spacial score (nSPS) is 11.8. The predicted octanol–water partition coefficient (Wildman–Crippen LogP) is 6.92. The molecular formula is C45H59ClN4O4. The third kappa shape index (κ3) is 10.3. The van der Waals surface area contributed by atoms with E-state index < -0.39 is 15.8 Å². The van der Waals surface area contributed by atoms with Gasteiger partial charge in [-0.1, -0.05) is 60.7 Å². The molecule has 0 aliphatic carbocycles. The molecule has 0 N–H and O–H groups in total. The molecule has 0 saturated heterocycles. The zero-order valence-corrected chi connectivity index (χ0v) is 34.2. The van der Waals surface area contributed by atoms with Crippen LogP contribution in [0.25, 0.3) is 5.57 Å². The highest BCUT2D eigenvalue weighted by molar-refractivity contribution is 5.82. The van der Waals surface area contributed by atoms with Crippen LogP contribution >= 0.6 is 0 Å². The predicted molar refractivity (Wildman–Crippen MR) is 218 cm³/mol. The summed E-state index contributed by atoms with van der Waals surface area (Å²) < 4.78 is 43.7. The standard InChI is InChI=1S/C45H59ClN4O4/c1-9-47(10-2)40-27-19-36(20-28-40)44(37-21-29-41(30-22-37)48(11-3)12-4)18-17-35-45(54-46(51,52)53,38-23-31-42(32-24-38)49(13-5)14-6)39-25-33-43(34-26-39)50(15-7)16-8/h17-35H,9-16H2,1-8H3. The second-order valence-electron chi connectivity index (χ2n) is 13.0. The van der Waals surface area contributed by atoms with Crippen molar-refractivity contribution in [1.29, 1.82) is 0 Å². The average Bonchev–Trinajstić information content (AvgIpc) is 3.19. The number of benzene rings is 4. The van der Waals surface area contributed by atoms with E-state index in [0.717, 1.165) is 91.8 Å². The summed E-state index contributed by atoms with van der Waals surface area (Å²) in [7, 11) is -4.86. The van der Waals surface area contributed by atoms with Crippen molar-refractivity contribution in [2.24, 2.45) is 0 Å². The van der Waals surface area contributed by atoms with Crippen LogP contribution in [0.15, 0.2) is 115 Å². The van der Waals surface area contributed by atoms with Crippen molar-refractivity contribution in [3.05, 3.63) is 138 Å². The first kappa shape index (κ1) is 42.4. The molecule has 0 spiro atoms. The summed E-state index contributed by atoms with van der Waals surface area (Å²) in [6.45, 7) is 23.8. The van der Waals surface area contributed by atoms with Crippen molar-refractivity contribution in [1.82, 2.24) is 0 Å². The van der Waals surface area contributed by atoms with Crippen LogP contribution in [0.1, 0.15) is 77.6 Å². The topological polar surface area (TPSA) is 91.4 Å². The smallest absolute Gasteiger partial charge is 0.292 e. The Balaban J connectivity index is 1.95. The van der Waals surface area contributed by atoms with Gasteiger partial charge in [0.15, 0.2) is 0 Å². The van der Waals surface area contributed by atoms with Gasteiger partial charge in [0.1, 0.15) is 0 Å². The van der Waals surface area contributed by atoms with E-state index in [1.807, 2.05) is 60.7 Å². The maximum Gasteiger partial charge on any atom is 0.292 e. The summed E-state index contributed by atoms with van der Waals surface area (Å²) in [5, 5.41) is 0. The van der Waals surface area contributed by atoms with Gasteiger partial charge in [-0.05, 0) is 127 Å². The molecule has 290 valence electrons. The van der Waals surface area contributed by atoms with Crippen molar-refractivity contribution >= 4 is 28.3 Å². The molecule has 0 aliphatic rings. The first-order chi connectivity index (χ1) is 26.0. The van der Waals surface area contributed by atoms with Gasteiger partial charge in [0.25, 0.3) is 5.60 Å². The van der Waals surface area contributed by atoms with Crippen molar-refractivity contribution < 1.29 is 28.5 Å². The van der Waals surface area contributed by atoms with Crippen LogP contribution in [0.4, 0.5) is 22.7 Å². The lowest BCUT2D eigenvalue weighted by atomic mass is 9.85. The number of hydrogen-bond acceptors (Lipinski definition) is 8. The molecule has 0 amide bonds. The number of rotatable bonds is 20. The fourth-order valence-corrected chi connectivity index (χ4v) is 7.69. The number of nitrogens with zero attached hydrogens (tertiary/aromatic N) is 4. The van der Waals surface area contributed by atoms with Crippen LogP contribution < -0.4 is 33.6 Å². The zero-order valence-electron chi connectivity index (χ0n) is 33.4. The average molecular weight is 755 g/mol. The number of allylic oxidation sites excluding steroid dienone is 2. The molecule has 0 saturated carbocycles. The summed E-state index contributed by atoms with van der Waals surface area (Å²) in [6.07, 6.45) is 5.46. The van der Waals surface area contributed by atoms with Gasteiger partial charge >= 0.3 is 0 Å². The molecule has 8 nitrogen and oxygen atoms in total. The molecule has 0 fully saturated rings. The van der Waals surface area contributed by atoms with E-state index >= 15 is 0 Å². The summed E-state index contributed by atoms with van der Waals surface area (Å²) in [5.41, 5.74) is 6.47. The highest BCUT2D eigenvalue weighted by Crippen LogP contribution is 2.39. The monoisotopic (exact) mass is 754 g/mol. The summed E-state index contributed by atoms with van der Waals surface area (Å²) >= 11 is 0. The molecule has 0 radical (unpaired) electrons. The first-order valence-electron chi connectivity index (χ1n) is 19.4. The highest BCUT2D eigenvalue weighted by atomic mass is 35.7. The van der Waals surface area contributed by atoms with Gasteiger partial charge in [0.05, 0.1) is 14.5 Å². The zero-order chi connectivity index (χ0) is 39.3. The Morgan fingerprint density at radius 2 is 0.759 bits per heavy atom. The maximum absolute atomic E-state index is 12.7. The van der Waals surface area contributed by atoms with Crippen LogP contribution in [0, 0.1) is 10.2 Å². The lowest BCUT2D eigenvalue weighted by Crippen LogP contribution is -2.63. The Kier molecular flexibility index (Phi) is 15.6. The van der Waals surface area contributed by atoms with Crippen molar-refractivity contribution in [3.8, 4) is 0 Å². The third-order valence-electron chi connectivity index (χ3n) is 10.3. The van der Waals surface area contributed by atoms with E-state index in [4.69, 9.17) is 4.29 Å². The van der Waals surface area contributed by atoms with Gasteiger partial charge in [0.2, 0.25) is 0 Å². The molecule has 0 unspecified atom stereocenters. The Bertz CT molecular complexity index is 1640. The summed E-state index contributed by atoms with van der Waals surface area (Å²) in [5.74, 6) is 0. The Morgan fingerprint density at radius 3 is 1.02 bits per heavy atom. The summed E-state index contributed by atoms with van der Waals surface area (Å²) in [4.78, 5) is 9.01. The van der Waals surface area contributed by atoms with Crippen LogP contribution in [-0.2, 0) is 9.89 Å². The van der Waals surface area contributed by atoms with E-state index in [9.17, 15) is 14.0 Å². The van der Waals surface area contributed by atoms with E-state index in [1.54, 1.807) is 6.08 Å². The maximum atomic E-state index is 12.7. The summed E-state index contributed by atoms with van der Waals surface area (Å²) in [6, 6.07) is 32.2. The molecule has 4 rings (SSSR count). The number of halogens is 1. The van der Waals surface area contributed by atoms with Crippen LogP contribution in [0.3, 0.4) is 0 Å². The van der Waals surface area contributed by atoms with Crippen molar-refractivity contribution in [2.75, 3.05) is 72.0 Å². The molecule has 4 aromatic carbocycles. The minimum atomic E-state index is -4.86. The van der Waals surface area contributed by atoms with E-state index in [-0.39, 0.29) is 0 Å². The van der Waals surface area contributed by atoms with E-state index in [0.29, 0.717) is 11.1 Å². The SMILES string of the molecule is CCN(CC)c1ccc(C(=CC=CC(O[Cl+3]([O-])([O-])[O-])(c2ccc(N(CC)CC)cc2)c2ccc(N(CC)CC)cc2)c2ccc(N(CC)CC)cc2)cc1. The first-order valence-corrected chi connectivity index (χ1v) is 20.7. The quantitative estimate of drug-likeness (QED) is 0.0900. The minimum absolute atomic E-state index is 0.513. The fourth-order valence-electron chi connectivity index (χ4n) is 7.16. The lowest BCUT2D eigenvalue weighted by molar-refractivity contribution is -1.92. The molecule has 0 atom stereocenters. The second-order valence-corrected chi connectivity index (χ2v) is 13.9. The molecule has 0 bridgehead atoms. The fraction of sp³-hybridized carbons (Fsp3) is 0.378. The molecule has 4 aromatic rings. The Hall–Kier alpha value is -4.31. The van der Waals surface area contributed by atoms with E-state index in [2.05, 4.69) is 124 Å². The minimum Gasteiger partial charge on any atom is -0.372 e. The number of hydrogen-bond donors (Lipinski definition) is 0. The molecule has 0 heterocycles. The molecule has 9 heteroatoms. The van der Waals surface area contributed by atoms with Crippen LogP contribution in [-0.4, -0.2) is 52.4 Å². The molecule has 54 heavy (non-hydrogen) atoms. The van der Waals surface area contributed by atoms with Gasteiger partial charge in [0, 0.05) is 86.2 Å². The highest BCUT2D eigenvalue weighted by Gasteiger charge is 2.47. The van der Waals surface area contributed by atoms with Gasteiger partial charge in [-0.25, -0.2) is 0 Å². The molecule has 0 aromatic heterocycles. The van der Waals surface area contributed by atoms with Crippen molar-refractivity contribution in [3.63, 3.8) is 0 Å². The van der Waals surface area contributed by atoms with E-state index in [1.165, 1.54) is 0 Å². The van der Waals surface area contributed by atoms with Gasteiger partial charge < -0.3 is 19.6 Å². The Morgan fingerprint density at radius 1 is 0.481 bits per heavy atom. The third-order valence-corrected chi connectivity index (χ3v) is 10.7. The van der Waals surface area contributed by atoms with Gasteiger partial charge in [-0.2, -0.15) is 14.0 Å². The van der Waals surface area contributed by atoms with Gasteiger partial charge in [-0.15, -0.1) is 0 Å². The lowest BCUT2D eigenvalue weighted by Gasteiger charge is -2.30. The molecular weight excluding hydrogens is 696 g/mol. The Labute approximate surface area is 326 Å². The molecule has 0 aliphatic heterocycles. The van der Waals surface area contributed by atoms with Crippen LogP contribution in [0.2, 0.25) is 0 Å². The second kappa shape index (κ2) is 19.9. The number of anilines is 4. The van der Waals surface area contributed by atoms with Gasteiger partial charge in [-0.3, -0.25) is 0 Å².